The van der Waals surface area contributed by atoms with Crippen molar-refractivity contribution in [1.29, 1.82) is 0 Å². The molecule has 0 atom stereocenters. The average Bonchev–Trinajstić information content (AvgIpc) is 2.55. The number of carbonyl (C=O) groups is 1. The zero-order valence-electron chi connectivity index (χ0n) is 14.6. The summed E-state index contributed by atoms with van der Waals surface area (Å²) >= 11 is 0. The summed E-state index contributed by atoms with van der Waals surface area (Å²) in [6, 6.07) is 8.42. The van der Waals surface area contributed by atoms with Crippen LogP contribution in [-0.4, -0.2) is 13.0 Å². The van der Waals surface area contributed by atoms with Gasteiger partial charge in [-0.3, -0.25) is 4.79 Å². The molecule has 2 nitrogen and oxygen atoms in total. The minimum atomic E-state index is -0.0716. The first-order valence-electron chi connectivity index (χ1n) is 7.99. The van der Waals surface area contributed by atoms with Gasteiger partial charge in [-0.05, 0) is 55.0 Å². The fourth-order valence-corrected chi connectivity index (χ4v) is 2.36. The molecule has 122 valence electrons. The minimum Gasteiger partial charge on any atom is -0.355 e. The molecule has 1 aromatic carbocycles. The maximum atomic E-state index is 11.7. The van der Waals surface area contributed by atoms with Gasteiger partial charge >= 0.3 is 0 Å². The van der Waals surface area contributed by atoms with Crippen molar-refractivity contribution in [3.05, 3.63) is 83.0 Å². The zero-order valence-corrected chi connectivity index (χ0v) is 14.6. The van der Waals surface area contributed by atoms with E-state index in [9.17, 15) is 4.79 Å². The van der Waals surface area contributed by atoms with Gasteiger partial charge < -0.3 is 5.32 Å². The van der Waals surface area contributed by atoms with Gasteiger partial charge in [-0.15, -0.1) is 0 Å². The van der Waals surface area contributed by atoms with E-state index in [1.165, 1.54) is 16.7 Å². The predicted molar refractivity (Wildman–Crippen MR) is 99.4 cm³/mol. The Morgan fingerprint density at radius 3 is 2.52 bits per heavy atom. The molecule has 1 amide bonds. The number of rotatable bonds is 7. The summed E-state index contributed by atoms with van der Waals surface area (Å²) in [5, 5.41) is 2.64. The summed E-state index contributed by atoms with van der Waals surface area (Å²) in [7, 11) is 1.64. The SMILES string of the molecule is C=CC(=C/C(=C/CC)Cc1ccccc1C)/C=C(\C)C(=O)NC. The van der Waals surface area contributed by atoms with Crippen molar-refractivity contribution >= 4 is 5.91 Å². The molecule has 0 fully saturated rings. The number of nitrogens with one attached hydrogen (secondary N) is 1. The van der Waals surface area contributed by atoms with Crippen LogP contribution in [0.1, 0.15) is 31.4 Å². The molecule has 0 spiro atoms. The minimum absolute atomic E-state index is 0.0716. The lowest BCUT2D eigenvalue weighted by molar-refractivity contribution is -0.116. The van der Waals surface area contributed by atoms with Gasteiger partial charge in [0.2, 0.25) is 5.91 Å². The molecule has 0 aliphatic rings. The molecule has 0 unspecified atom stereocenters. The highest BCUT2D eigenvalue weighted by molar-refractivity contribution is 5.93. The fourth-order valence-electron chi connectivity index (χ4n) is 2.36. The maximum absolute atomic E-state index is 11.7. The summed E-state index contributed by atoms with van der Waals surface area (Å²) in [5.41, 5.74) is 5.46. The number of aryl methyl sites for hydroxylation is 1. The summed E-state index contributed by atoms with van der Waals surface area (Å²) in [4.78, 5) is 11.7. The van der Waals surface area contributed by atoms with Crippen LogP contribution in [0.3, 0.4) is 0 Å². The van der Waals surface area contributed by atoms with Crippen LogP contribution in [0.15, 0.2) is 71.9 Å². The monoisotopic (exact) mass is 309 g/mol. The molecular formula is C21H27NO. The number of likely N-dealkylation sites (N-methyl/N-ethyl adjacent to an activating group) is 1. The van der Waals surface area contributed by atoms with Crippen molar-refractivity contribution in [2.75, 3.05) is 7.05 Å². The Labute approximate surface area is 140 Å². The standard InChI is InChI=1S/C21H27NO/c1-6-10-19(15-20-12-9-8-11-16(20)3)14-18(7-2)13-17(4)21(23)22-5/h7-14H,2,6,15H2,1,3-5H3,(H,22,23)/b17-13+,18-14-,19-10-. The Balaban J connectivity index is 3.09. The second-order valence-electron chi connectivity index (χ2n) is 5.55. The molecule has 1 rings (SSSR count). The van der Waals surface area contributed by atoms with E-state index in [1.54, 1.807) is 20.0 Å². The van der Waals surface area contributed by atoms with Crippen molar-refractivity contribution < 1.29 is 4.79 Å². The van der Waals surface area contributed by atoms with Crippen molar-refractivity contribution in [2.24, 2.45) is 0 Å². The Morgan fingerprint density at radius 2 is 1.96 bits per heavy atom. The van der Waals surface area contributed by atoms with Gasteiger partial charge in [0, 0.05) is 12.6 Å². The van der Waals surface area contributed by atoms with Crippen LogP contribution >= 0.6 is 0 Å². The second-order valence-corrected chi connectivity index (χ2v) is 5.55. The fraction of sp³-hybridized carbons (Fsp3) is 0.286. The van der Waals surface area contributed by atoms with Crippen LogP contribution in [0.25, 0.3) is 0 Å². The Bertz CT molecular complexity index is 648. The van der Waals surface area contributed by atoms with E-state index in [1.807, 2.05) is 6.08 Å². The van der Waals surface area contributed by atoms with Crippen LogP contribution in [0.5, 0.6) is 0 Å². The third-order valence-electron chi connectivity index (χ3n) is 3.68. The quantitative estimate of drug-likeness (QED) is 0.575. The lowest BCUT2D eigenvalue weighted by Crippen LogP contribution is -2.18. The van der Waals surface area contributed by atoms with E-state index in [2.05, 4.69) is 62.2 Å². The van der Waals surface area contributed by atoms with E-state index in [4.69, 9.17) is 0 Å². The van der Waals surface area contributed by atoms with Gasteiger partial charge in [0.05, 0.1) is 0 Å². The van der Waals surface area contributed by atoms with Gasteiger partial charge in [-0.1, -0.05) is 56.0 Å². The number of amides is 1. The highest BCUT2D eigenvalue weighted by Crippen LogP contribution is 2.17. The molecule has 0 saturated heterocycles. The Morgan fingerprint density at radius 1 is 1.26 bits per heavy atom. The molecule has 2 heteroatoms. The van der Waals surface area contributed by atoms with Crippen LogP contribution in [0.4, 0.5) is 0 Å². The number of allylic oxidation sites excluding steroid dienone is 6. The summed E-state index contributed by atoms with van der Waals surface area (Å²) in [5.74, 6) is -0.0716. The van der Waals surface area contributed by atoms with Gasteiger partial charge in [0.25, 0.3) is 0 Å². The van der Waals surface area contributed by atoms with E-state index in [0.29, 0.717) is 5.57 Å². The van der Waals surface area contributed by atoms with E-state index < -0.39 is 0 Å². The molecule has 1 aromatic rings. The lowest BCUT2D eigenvalue weighted by atomic mass is 9.97. The first kappa shape index (κ1) is 18.7. The first-order valence-corrected chi connectivity index (χ1v) is 7.99. The molecule has 0 radical (unpaired) electrons. The van der Waals surface area contributed by atoms with Gasteiger partial charge in [0.1, 0.15) is 0 Å². The summed E-state index contributed by atoms with van der Waals surface area (Å²) in [6.45, 7) is 9.93. The molecule has 0 aliphatic carbocycles. The predicted octanol–water partition coefficient (Wildman–Crippen LogP) is 4.68. The third kappa shape index (κ3) is 6.11. The largest absolute Gasteiger partial charge is 0.355 e. The molecule has 1 N–H and O–H groups in total. The number of benzene rings is 1. The summed E-state index contributed by atoms with van der Waals surface area (Å²) in [6.07, 6.45) is 9.83. The van der Waals surface area contributed by atoms with Gasteiger partial charge in [-0.2, -0.15) is 0 Å². The molecule has 23 heavy (non-hydrogen) atoms. The maximum Gasteiger partial charge on any atom is 0.246 e. The average molecular weight is 309 g/mol. The molecular weight excluding hydrogens is 282 g/mol. The molecule has 0 saturated carbocycles. The van der Waals surface area contributed by atoms with E-state index >= 15 is 0 Å². The van der Waals surface area contributed by atoms with Crippen LogP contribution in [0, 0.1) is 6.92 Å². The van der Waals surface area contributed by atoms with Crippen molar-refractivity contribution in [3.63, 3.8) is 0 Å². The van der Waals surface area contributed by atoms with Crippen LogP contribution in [-0.2, 0) is 11.2 Å². The first-order chi connectivity index (χ1) is 11.0. The van der Waals surface area contributed by atoms with Crippen molar-refractivity contribution in [1.82, 2.24) is 5.32 Å². The van der Waals surface area contributed by atoms with E-state index in [-0.39, 0.29) is 5.91 Å². The molecule has 0 aliphatic heterocycles. The zero-order chi connectivity index (χ0) is 17.2. The third-order valence-corrected chi connectivity index (χ3v) is 3.68. The second kappa shape index (κ2) is 9.62. The van der Waals surface area contributed by atoms with Crippen LogP contribution in [0.2, 0.25) is 0 Å². The highest BCUT2D eigenvalue weighted by Gasteiger charge is 2.03. The highest BCUT2D eigenvalue weighted by atomic mass is 16.1. The number of carbonyl (C=O) groups excluding carboxylic acids is 1. The van der Waals surface area contributed by atoms with Crippen molar-refractivity contribution in [2.45, 2.75) is 33.6 Å². The Kier molecular flexibility index (Phi) is 7.82. The van der Waals surface area contributed by atoms with Gasteiger partial charge in [0.15, 0.2) is 0 Å². The van der Waals surface area contributed by atoms with E-state index in [0.717, 1.165) is 18.4 Å². The smallest absolute Gasteiger partial charge is 0.246 e. The lowest BCUT2D eigenvalue weighted by Gasteiger charge is -2.08. The van der Waals surface area contributed by atoms with Crippen LogP contribution < -0.4 is 5.32 Å². The van der Waals surface area contributed by atoms with Crippen molar-refractivity contribution in [3.8, 4) is 0 Å². The number of hydrogen-bond acceptors (Lipinski definition) is 1. The normalized spacial score (nSPS) is 13.0. The molecule has 0 bridgehead atoms. The Hall–Kier alpha value is -2.35. The van der Waals surface area contributed by atoms with Gasteiger partial charge in [-0.25, -0.2) is 0 Å². The molecule has 0 aromatic heterocycles. The summed E-state index contributed by atoms with van der Waals surface area (Å²) < 4.78 is 0. The molecule has 0 heterocycles. The number of hydrogen-bond donors (Lipinski definition) is 1. The topological polar surface area (TPSA) is 29.1 Å².